The van der Waals surface area contributed by atoms with Crippen molar-refractivity contribution >= 4 is 11.6 Å². The van der Waals surface area contributed by atoms with Crippen molar-refractivity contribution in [3.8, 4) is 5.75 Å². The van der Waals surface area contributed by atoms with Crippen LogP contribution in [0.25, 0.3) is 0 Å². The third-order valence-electron chi connectivity index (χ3n) is 1.70. The van der Waals surface area contributed by atoms with Gasteiger partial charge >= 0.3 is 6.18 Å². The van der Waals surface area contributed by atoms with Gasteiger partial charge in [-0.3, -0.25) is 0 Å². The molecule has 2 nitrogen and oxygen atoms in total. The Morgan fingerprint density at radius 3 is 2.31 bits per heavy atom. The van der Waals surface area contributed by atoms with E-state index < -0.39 is 34.8 Å². The SMILES string of the molecule is COc1cc(C(F)(F)F)nc(Cl)c1C(F)F. The average Bonchev–Trinajstić information content (AvgIpc) is 2.14. The van der Waals surface area contributed by atoms with Crippen molar-refractivity contribution in [3.05, 3.63) is 22.5 Å². The number of pyridine rings is 1. The Morgan fingerprint density at radius 1 is 1.38 bits per heavy atom. The first-order valence-corrected chi connectivity index (χ1v) is 4.25. The van der Waals surface area contributed by atoms with E-state index in [4.69, 9.17) is 11.6 Å². The summed E-state index contributed by atoms with van der Waals surface area (Å²) in [5, 5.41) is -0.915. The zero-order valence-electron chi connectivity index (χ0n) is 7.78. The van der Waals surface area contributed by atoms with E-state index >= 15 is 0 Å². The molecule has 0 N–H and O–H groups in total. The molecule has 0 unspecified atom stereocenters. The van der Waals surface area contributed by atoms with Gasteiger partial charge in [0.25, 0.3) is 6.43 Å². The normalized spacial score (nSPS) is 12.0. The zero-order chi connectivity index (χ0) is 12.5. The van der Waals surface area contributed by atoms with Crippen LogP contribution < -0.4 is 4.74 Å². The topological polar surface area (TPSA) is 22.1 Å². The van der Waals surface area contributed by atoms with Gasteiger partial charge in [-0.15, -0.1) is 0 Å². The number of rotatable bonds is 2. The third-order valence-corrected chi connectivity index (χ3v) is 1.99. The first-order chi connectivity index (χ1) is 7.27. The second-order valence-corrected chi connectivity index (χ2v) is 3.07. The van der Waals surface area contributed by atoms with Crippen molar-refractivity contribution in [2.45, 2.75) is 12.6 Å². The third kappa shape index (κ3) is 2.52. The number of hydrogen-bond acceptors (Lipinski definition) is 2. The molecule has 0 atom stereocenters. The monoisotopic (exact) mass is 261 g/mol. The molecule has 1 aromatic rings. The molecule has 0 saturated carbocycles. The molecule has 0 fully saturated rings. The van der Waals surface area contributed by atoms with E-state index in [1.54, 1.807) is 0 Å². The molecule has 8 heteroatoms. The number of ether oxygens (including phenoxy) is 1. The molecular weight excluding hydrogens is 257 g/mol. The van der Waals surface area contributed by atoms with Gasteiger partial charge in [-0.2, -0.15) is 13.2 Å². The van der Waals surface area contributed by atoms with E-state index in [0.29, 0.717) is 6.07 Å². The minimum absolute atomic E-state index is 0.382. The zero-order valence-corrected chi connectivity index (χ0v) is 8.53. The second-order valence-electron chi connectivity index (χ2n) is 2.71. The maximum Gasteiger partial charge on any atom is 0.433 e. The molecule has 0 amide bonds. The van der Waals surface area contributed by atoms with Crippen LogP contribution in [-0.2, 0) is 6.18 Å². The summed E-state index contributed by atoms with van der Waals surface area (Å²) in [5.74, 6) is -0.637. The molecule has 16 heavy (non-hydrogen) atoms. The second kappa shape index (κ2) is 4.40. The number of methoxy groups -OCH3 is 1. The summed E-state index contributed by atoms with van der Waals surface area (Å²) in [6.07, 6.45) is -7.82. The highest BCUT2D eigenvalue weighted by molar-refractivity contribution is 6.30. The molecule has 0 aliphatic rings. The van der Waals surface area contributed by atoms with E-state index in [1.165, 1.54) is 0 Å². The lowest BCUT2D eigenvalue weighted by molar-refractivity contribution is -0.141. The van der Waals surface area contributed by atoms with Crippen LogP contribution in [-0.4, -0.2) is 12.1 Å². The Morgan fingerprint density at radius 2 is 1.94 bits per heavy atom. The molecule has 0 spiro atoms. The quantitative estimate of drug-likeness (QED) is 0.598. The van der Waals surface area contributed by atoms with Gasteiger partial charge in [0.1, 0.15) is 16.6 Å². The van der Waals surface area contributed by atoms with Crippen molar-refractivity contribution in [1.82, 2.24) is 4.98 Å². The van der Waals surface area contributed by atoms with Crippen LogP contribution in [0.2, 0.25) is 5.15 Å². The maximum absolute atomic E-state index is 12.4. The van der Waals surface area contributed by atoms with Crippen molar-refractivity contribution in [2.24, 2.45) is 0 Å². The van der Waals surface area contributed by atoms with Gasteiger partial charge in [0, 0.05) is 6.07 Å². The minimum Gasteiger partial charge on any atom is -0.496 e. The predicted octanol–water partition coefficient (Wildman–Crippen LogP) is 3.70. The Kier molecular flexibility index (Phi) is 3.57. The standard InChI is InChI=1S/C8H5ClF5NO/c1-16-3-2-4(8(12,13)14)15-6(9)5(3)7(10)11/h2,7H,1H3. The van der Waals surface area contributed by atoms with E-state index in [2.05, 4.69) is 9.72 Å². The maximum atomic E-state index is 12.4. The van der Waals surface area contributed by atoms with Crippen molar-refractivity contribution in [1.29, 1.82) is 0 Å². The fourth-order valence-electron chi connectivity index (χ4n) is 1.01. The summed E-state index contributed by atoms with van der Waals surface area (Å²) in [7, 11) is 0.970. The summed E-state index contributed by atoms with van der Waals surface area (Å²) < 4.78 is 66.0. The lowest BCUT2D eigenvalue weighted by Crippen LogP contribution is -2.10. The van der Waals surface area contributed by atoms with Crippen LogP contribution in [0.15, 0.2) is 6.07 Å². The molecule has 1 heterocycles. The molecule has 0 aliphatic carbocycles. The van der Waals surface area contributed by atoms with Gasteiger partial charge in [-0.25, -0.2) is 13.8 Å². The molecule has 0 aliphatic heterocycles. The van der Waals surface area contributed by atoms with Gasteiger partial charge in [0.05, 0.1) is 12.7 Å². The molecule has 90 valence electrons. The summed E-state index contributed by atoms with van der Waals surface area (Å²) in [5.41, 5.74) is -2.23. The van der Waals surface area contributed by atoms with Gasteiger partial charge in [0.2, 0.25) is 0 Å². The number of halogens is 6. The predicted molar refractivity (Wildman–Crippen MR) is 45.8 cm³/mol. The fourth-order valence-corrected chi connectivity index (χ4v) is 1.28. The van der Waals surface area contributed by atoms with Crippen molar-refractivity contribution in [3.63, 3.8) is 0 Å². The Labute approximate surface area is 92.0 Å². The lowest BCUT2D eigenvalue weighted by atomic mass is 10.2. The van der Waals surface area contributed by atoms with Crippen LogP contribution in [0.3, 0.4) is 0 Å². The summed E-state index contributed by atoms with van der Waals surface area (Å²) in [6, 6.07) is 0.382. The van der Waals surface area contributed by atoms with Crippen molar-refractivity contribution < 1.29 is 26.7 Å². The first-order valence-electron chi connectivity index (χ1n) is 3.87. The van der Waals surface area contributed by atoms with E-state index in [1.807, 2.05) is 0 Å². The summed E-state index contributed by atoms with van der Waals surface area (Å²) in [4.78, 5) is 2.85. The van der Waals surface area contributed by atoms with Crippen LogP contribution in [0.5, 0.6) is 5.75 Å². The largest absolute Gasteiger partial charge is 0.496 e. The molecule has 1 rings (SSSR count). The lowest BCUT2D eigenvalue weighted by Gasteiger charge is -2.12. The Balaban J connectivity index is 3.38. The molecule has 0 saturated heterocycles. The van der Waals surface area contributed by atoms with E-state index in [-0.39, 0.29) is 0 Å². The van der Waals surface area contributed by atoms with Gasteiger partial charge in [-0.05, 0) is 0 Å². The average molecular weight is 262 g/mol. The number of aromatic nitrogens is 1. The number of nitrogens with zero attached hydrogens (tertiary/aromatic N) is 1. The number of alkyl halides is 5. The van der Waals surface area contributed by atoms with E-state index in [9.17, 15) is 22.0 Å². The van der Waals surface area contributed by atoms with Crippen LogP contribution in [0.1, 0.15) is 17.7 Å². The Bertz CT molecular complexity index is 393. The summed E-state index contributed by atoms with van der Waals surface area (Å²) in [6.45, 7) is 0. The minimum atomic E-state index is -4.77. The molecule has 0 radical (unpaired) electrons. The molecular formula is C8H5ClF5NO. The molecule has 0 aromatic carbocycles. The Hall–Kier alpha value is -1.11. The smallest absolute Gasteiger partial charge is 0.433 e. The molecule has 1 aromatic heterocycles. The first kappa shape index (κ1) is 13.0. The highest BCUT2D eigenvalue weighted by atomic mass is 35.5. The van der Waals surface area contributed by atoms with Crippen LogP contribution in [0, 0.1) is 0 Å². The van der Waals surface area contributed by atoms with E-state index in [0.717, 1.165) is 7.11 Å². The van der Waals surface area contributed by atoms with Crippen molar-refractivity contribution in [2.75, 3.05) is 7.11 Å². The van der Waals surface area contributed by atoms with Gasteiger partial charge in [-0.1, -0.05) is 11.6 Å². The van der Waals surface area contributed by atoms with Crippen LogP contribution in [0.4, 0.5) is 22.0 Å². The number of hydrogen-bond donors (Lipinski definition) is 0. The molecule has 0 bridgehead atoms. The van der Waals surface area contributed by atoms with Gasteiger partial charge < -0.3 is 4.74 Å². The fraction of sp³-hybridized carbons (Fsp3) is 0.375. The van der Waals surface area contributed by atoms with Crippen LogP contribution >= 0.6 is 11.6 Å². The highest BCUT2D eigenvalue weighted by Crippen LogP contribution is 2.38. The summed E-state index contributed by atoms with van der Waals surface area (Å²) >= 11 is 5.24. The van der Waals surface area contributed by atoms with Gasteiger partial charge in [0.15, 0.2) is 0 Å². The highest BCUT2D eigenvalue weighted by Gasteiger charge is 2.35.